The minimum atomic E-state index is -0.0723. The largest absolute Gasteiger partial charge is 0.384 e. The van der Waals surface area contributed by atoms with Gasteiger partial charge in [-0.3, -0.25) is 14.7 Å². The van der Waals surface area contributed by atoms with Gasteiger partial charge in [-0.1, -0.05) is 6.07 Å². The van der Waals surface area contributed by atoms with E-state index in [4.69, 9.17) is 15.5 Å². The molecular weight excluding hydrogens is 344 g/mol. The molecule has 0 unspecified atom stereocenters. The lowest BCUT2D eigenvalue weighted by Gasteiger charge is -2.32. The van der Waals surface area contributed by atoms with Crippen molar-refractivity contribution in [3.05, 3.63) is 46.0 Å². The highest BCUT2D eigenvalue weighted by molar-refractivity contribution is 5.32. The van der Waals surface area contributed by atoms with Crippen LogP contribution in [-0.4, -0.2) is 59.2 Å². The first kappa shape index (κ1) is 17.9. The SMILES string of the molecule is Nc1ccc(CN2CCC(c3cc(=O)[nH]c(N4CCOCC4)n3)CC2)cn1. The zero-order valence-electron chi connectivity index (χ0n) is 15.4. The summed E-state index contributed by atoms with van der Waals surface area (Å²) in [4.78, 5) is 28.5. The number of hydrogen-bond donors (Lipinski definition) is 2. The number of pyridine rings is 1. The normalized spacial score (nSPS) is 19.3. The number of H-pyrrole nitrogens is 1. The summed E-state index contributed by atoms with van der Waals surface area (Å²) in [5.41, 5.74) is 7.66. The van der Waals surface area contributed by atoms with E-state index >= 15 is 0 Å². The summed E-state index contributed by atoms with van der Waals surface area (Å²) < 4.78 is 5.39. The van der Waals surface area contributed by atoms with E-state index in [1.165, 1.54) is 5.56 Å². The summed E-state index contributed by atoms with van der Waals surface area (Å²) in [6, 6.07) is 5.53. The van der Waals surface area contributed by atoms with Crippen molar-refractivity contribution in [2.24, 2.45) is 0 Å². The van der Waals surface area contributed by atoms with Gasteiger partial charge in [-0.15, -0.1) is 0 Å². The van der Waals surface area contributed by atoms with E-state index in [2.05, 4.69) is 19.8 Å². The Morgan fingerprint density at radius 2 is 1.96 bits per heavy atom. The number of aromatic amines is 1. The van der Waals surface area contributed by atoms with Crippen molar-refractivity contribution in [1.29, 1.82) is 0 Å². The van der Waals surface area contributed by atoms with Gasteiger partial charge in [-0.05, 0) is 37.6 Å². The molecule has 27 heavy (non-hydrogen) atoms. The number of morpholine rings is 1. The summed E-state index contributed by atoms with van der Waals surface area (Å²) in [6.45, 7) is 5.72. The predicted octanol–water partition coefficient (Wildman–Crippen LogP) is 0.963. The maximum Gasteiger partial charge on any atom is 0.252 e. The van der Waals surface area contributed by atoms with E-state index in [0.29, 0.717) is 30.9 Å². The first-order valence-corrected chi connectivity index (χ1v) is 9.54. The summed E-state index contributed by atoms with van der Waals surface area (Å²) >= 11 is 0. The summed E-state index contributed by atoms with van der Waals surface area (Å²) in [6.07, 6.45) is 3.84. The Morgan fingerprint density at radius 1 is 1.19 bits per heavy atom. The highest BCUT2D eigenvalue weighted by Gasteiger charge is 2.23. The van der Waals surface area contributed by atoms with Crippen LogP contribution < -0.4 is 16.2 Å². The maximum absolute atomic E-state index is 12.1. The molecule has 2 aliphatic rings. The van der Waals surface area contributed by atoms with Crippen molar-refractivity contribution in [3.8, 4) is 0 Å². The Morgan fingerprint density at radius 3 is 2.67 bits per heavy atom. The zero-order valence-corrected chi connectivity index (χ0v) is 15.4. The molecule has 0 aromatic carbocycles. The molecule has 0 saturated carbocycles. The van der Waals surface area contributed by atoms with Crippen molar-refractivity contribution < 1.29 is 4.74 Å². The second kappa shape index (κ2) is 8.06. The minimum Gasteiger partial charge on any atom is -0.384 e. The number of nitrogen functional groups attached to an aromatic ring is 1. The fourth-order valence-electron chi connectivity index (χ4n) is 3.77. The quantitative estimate of drug-likeness (QED) is 0.827. The van der Waals surface area contributed by atoms with Gasteiger partial charge in [-0.2, -0.15) is 0 Å². The van der Waals surface area contributed by atoms with E-state index in [1.54, 1.807) is 6.07 Å². The van der Waals surface area contributed by atoms with Crippen LogP contribution in [0.3, 0.4) is 0 Å². The highest BCUT2D eigenvalue weighted by Crippen LogP contribution is 2.27. The van der Waals surface area contributed by atoms with E-state index < -0.39 is 0 Å². The molecule has 2 aromatic rings. The Bertz CT molecular complexity index is 808. The highest BCUT2D eigenvalue weighted by atomic mass is 16.5. The Hall–Kier alpha value is -2.45. The molecule has 4 rings (SSSR count). The molecule has 8 nitrogen and oxygen atoms in total. The third-order valence-corrected chi connectivity index (χ3v) is 5.32. The van der Waals surface area contributed by atoms with E-state index in [9.17, 15) is 4.79 Å². The van der Waals surface area contributed by atoms with Crippen LogP contribution in [0, 0.1) is 0 Å². The molecule has 8 heteroatoms. The van der Waals surface area contributed by atoms with Gasteiger partial charge in [0, 0.05) is 37.8 Å². The average Bonchev–Trinajstić information content (AvgIpc) is 2.70. The summed E-state index contributed by atoms with van der Waals surface area (Å²) in [5, 5.41) is 0. The molecule has 3 N–H and O–H groups in total. The van der Waals surface area contributed by atoms with Gasteiger partial charge in [0.15, 0.2) is 0 Å². The molecule has 2 aromatic heterocycles. The lowest BCUT2D eigenvalue weighted by atomic mass is 9.93. The topological polar surface area (TPSA) is 100 Å². The molecular formula is C19H26N6O2. The number of aromatic nitrogens is 3. The number of nitrogens with two attached hydrogens (primary N) is 1. The van der Waals surface area contributed by atoms with E-state index in [1.807, 2.05) is 18.3 Å². The molecule has 0 aliphatic carbocycles. The van der Waals surface area contributed by atoms with Gasteiger partial charge >= 0.3 is 0 Å². The number of piperidine rings is 1. The number of likely N-dealkylation sites (tertiary alicyclic amines) is 1. The fourth-order valence-corrected chi connectivity index (χ4v) is 3.77. The van der Waals surface area contributed by atoms with Crippen molar-refractivity contribution in [2.75, 3.05) is 50.0 Å². The Kier molecular flexibility index (Phi) is 5.35. The van der Waals surface area contributed by atoms with E-state index in [-0.39, 0.29) is 5.56 Å². The Balaban J connectivity index is 1.39. The molecule has 0 amide bonds. The van der Waals surface area contributed by atoms with Gasteiger partial charge in [0.25, 0.3) is 5.56 Å². The zero-order chi connectivity index (χ0) is 18.6. The average molecular weight is 370 g/mol. The first-order valence-electron chi connectivity index (χ1n) is 9.54. The van der Waals surface area contributed by atoms with Crippen LogP contribution in [-0.2, 0) is 11.3 Å². The van der Waals surface area contributed by atoms with Crippen LogP contribution in [0.4, 0.5) is 11.8 Å². The van der Waals surface area contributed by atoms with Gasteiger partial charge in [0.05, 0.1) is 18.9 Å². The van der Waals surface area contributed by atoms with Gasteiger partial charge < -0.3 is 15.4 Å². The standard InChI is InChI=1S/C19H26N6O2/c20-17-2-1-14(12-21-17)13-24-5-3-15(4-6-24)16-11-18(26)23-19(22-16)25-7-9-27-10-8-25/h1-2,11-12,15H,3-10,13H2,(H2,20,21)(H,22,23,26). The molecule has 0 radical (unpaired) electrons. The van der Waals surface area contributed by atoms with Crippen LogP contribution in [0.1, 0.15) is 30.0 Å². The fraction of sp³-hybridized carbons (Fsp3) is 0.526. The van der Waals surface area contributed by atoms with Crippen LogP contribution in [0.5, 0.6) is 0 Å². The number of nitrogens with one attached hydrogen (secondary N) is 1. The van der Waals surface area contributed by atoms with Crippen LogP contribution >= 0.6 is 0 Å². The lowest BCUT2D eigenvalue weighted by Crippen LogP contribution is -2.39. The predicted molar refractivity (Wildman–Crippen MR) is 104 cm³/mol. The molecule has 4 heterocycles. The lowest BCUT2D eigenvalue weighted by molar-refractivity contribution is 0.122. The Labute approximate surface area is 158 Å². The number of anilines is 2. The van der Waals surface area contributed by atoms with E-state index in [0.717, 1.165) is 51.3 Å². The molecule has 0 atom stereocenters. The molecule has 2 saturated heterocycles. The molecule has 2 aliphatic heterocycles. The second-order valence-corrected chi connectivity index (χ2v) is 7.24. The van der Waals surface area contributed by atoms with Crippen LogP contribution in [0.2, 0.25) is 0 Å². The molecule has 144 valence electrons. The minimum absolute atomic E-state index is 0.0723. The first-order chi connectivity index (χ1) is 13.2. The smallest absolute Gasteiger partial charge is 0.252 e. The van der Waals surface area contributed by atoms with Gasteiger partial charge in [-0.25, -0.2) is 9.97 Å². The van der Waals surface area contributed by atoms with Gasteiger partial charge in [0.2, 0.25) is 5.95 Å². The number of rotatable bonds is 4. The van der Waals surface area contributed by atoms with Crippen molar-refractivity contribution >= 4 is 11.8 Å². The molecule has 0 bridgehead atoms. The number of hydrogen-bond acceptors (Lipinski definition) is 7. The third kappa shape index (κ3) is 4.45. The maximum atomic E-state index is 12.1. The van der Waals surface area contributed by atoms with Crippen LogP contribution in [0.25, 0.3) is 0 Å². The summed E-state index contributed by atoms with van der Waals surface area (Å²) in [5.74, 6) is 1.55. The molecule has 2 fully saturated rings. The second-order valence-electron chi connectivity index (χ2n) is 7.24. The number of nitrogens with zero attached hydrogens (tertiary/aromatic N) is 4. The van der Waals surface area contributed by atoms with Crippen LogP contribution in [0.15, 0.2) is 29.2 Å². The third-order valence-electron chi connectivity index (χ3n) is 5.32. The monoisotopic (exact) mass is 370 g/mol. The number of ether oxygens (including phenoxy) is 1. The van der Waals surface area contributed by atoms with Crippen molar-refractivity contribution in [2.45, 2.75) is 25.3 Å². The molecule has 0 spiro atoms. The van der Waals surface area contributed by atoms with Gasteiger partial charge in [0.1, 0.15) is 5.82 Å². The van der Waals surface area contributed by atoms with Crippen molar-refractivity contribution in [1.82, 2.24) is 19.9 Å². The summed E-state index contributed by atoms with van der Waals surface area (Å²) in [7, 11) is 0. The van der Waals surface area contributed by atoms with Crippen molar-refractivity contribution in [3.63, 3.8) is 0 Å².